The molecule has 2 aromatic heterocycles. The number of nitrogens with two attached hydrogens (primary N) is 1. The third-order valence-corrected chi connectivity index (χ3v) is 3.70. The van der Waals surface area contributed by atoms with Crippen molar-refractivity contribution in [3.63, 3.8) is 0 Å². The fourth-order valence-corrected chi connectivity index (χ4v) is 2.16. The molecule has 2 rings (SSSR count). The summed E-state index contributed by atoms with van der Waals surface area (Å²) in [5.41, 5.74) is 6.99. The minimum atomic E-state index is -0.304. The standard InChI is InChI=1S/C12H19N5OS/c1-12(2,3)19-6-10-16-11(18-17-10)9(13)4-8-5-14-7-15-8/h5,7,9H,4,6,13H2,1-3H3,(H,14,15)/t9-/m0/s1. The van der Waals surface area contributed by atoms with Gasteiger partial charge in [-0.05, 0) is 0 Å². The van der Waals surface area contributed by atoms with Gasteiger partial charge >= 0.3 is 0 Å². The van der Waals surface area contributed by atoms with Gasteiger partial charge in [-0.1, -0.05) is 25.9 Å². The summed E-state index contributed by atoms with van der Waals surface area (Å²) in [4.78, 5) is 11.3. The summed E-state index contributed by atoms with van der Waals surface area (Å²) in [5, 5.41) is 3.96. The van der Waals surface area contributed by atoms with Crippen LogP contribution in [0.25, 0.3) is 0 Å². The maximum atomic E-state index is 6.03. The normalized spacial score (nSPS) is 13.7. The highest BCUT2D eigenvalue weighted by Gasteiger charge is 2.18. The van der Waals surface area contributed by atoms with E-state index >= 15 is 0 Å². The van der Waals surface area contributed by atoms with Gasteiger partial charge in [0.25, 0.3) is 0 Å². The zero-order chi connectivity index (χ0) is 13.9. The van der Waals surface area contributed by atoms with Crippen LogP contribution in [-0.4, -0.2) is 24.9 Å². The Bertz CT molecular complexity index is 502. The van der Waals surface area contributed by atoms with Crippen molar-refractivity contribution in [1.29, 1.82) is 0 Å². The van der Waals surface area contributed by atoms with E-state index < -0.39 is 0 Å². The van der Waals surface area contributed by atoms with Crippen LogP contribution in [-0.2, 0) is 12.2 Å². The van der Waals surface area contributed by atoms with Crippen molar-refractivity contribution in [2.75, 3.05) is 0 Å². The van der Waals surface area contributed by atoms with Gasteiger partial charge in [0.1, 0.15) is 0 Å². The number of nitrogens with one attached hydrogen (secondary N) is 1. The van der Waals surface area contributed by atoms with Gasteiger partial charge in [0.05, 0.1) is 18.1 Å². The van der Waals surface area contributed by atoms with Crippen molar-refractivity contribution >= 4 is 11.8 Å². The van der Waals surface area contributed by atoms with E-state index in [0.29, 0.717) is 18.1 Å². The van der Waals surface area contributed by atoms with Crippen LogP contribution >= 0.6 is 11.8 Å². The number of hydrogen-bond acceptors (Lipinski definition) is 6. The number of aromatic nitrogens is 4. The molecule has 0 aromatic carbocycles. The number of thioether (sulfide) groups is 1. The van der Waals surface area contributed by atoms with Crippen LogP contribution in [0, 0.1) is 0 Å². The molecule has 0 fully saturated rings. The highest BCUT2D eigenvalue weighted by Crippen LogP contribution is 2.26. The highest BCUT2D eigenvalue weighted by atomic mass is 32.2. The molecular weight excluding hydrogens is 262 g/mol. The number of rotatable bonds is 5. The molecule has 0 aliphatic rings. The SMILES string of the molecule is CC(C)(C)SCc1noc([C@@H](N)Cc2cnc[nH]2)n1. The topological polar surface area (TPSA) is 93.6 Å². The van der Waals surface area contributed by atoms with Crippen LogP contribution in [0.4, 0.5) is 0 Å². The van der Waals surface area contributed by atoms with Crippen molar-refractivity contribution in [2.24, 2.45) is 5.73 Å². The van der Waals surface area contributed by atoms with Gasteiger partial charge in [-0.3, -0.25) is 0 Å². The van der Waals surface area contributed by atoms with E-state index in [1.54, 1.807) is 24.3 Å². The smallest absolute Gasteiger partial charge is 0.243 e. The van der Waals surface area contributed by atoms with Crippen LogP contribution in [0.5, 0.6) is 0 Å². The molecule has 7 heteroatoms. The number of nitrogens with zero attached hydrogens (tertiary/aromatic N) is 3. The number of H-pyrrole nitrogens is 1. The molecule has 0 radical (unpaired) electrons. The van der Waals surface area contributed by atoms with E-state index in [4.69, 9.17) is 10.3 Å². The first-order valence-corrected chi connectivity index (χ1v) is 7.12. The van der Waals surface area contributed by atoms with E-state index in [9.17, 15) is 0 Å². The van der Waals surface area contributed by atoms with Crippen molar-refractivity contribution in [3.8, 4) is 0 Å². The summed E-state index contributed by atoms with van der Waals surface area (Å²) in [5.74, 6) is 1.89. The zero-order valence-electron chi connectivity index (χ0n) is 11.4. The van der Waals surface area contributed by atoms with Gasteiger partial charge in [-0.2, -0.15) is 4.98 Å². The average Bonchev–Trinajstić information content (AvgIpc) is 2.95. The Balaban J connectivity index is 1.92. The van der Waals surface area contributed by atoms with E-state index in [-0.39, 0.29) is 10.8 Å². The summed E-state index contributed by atoms with van der Waals surface area (Å²) in [6, 6.07) is -0.304. The molecule has 0 saturated carbocycles. The van der Waals surface area contributed by atoms with Crippen LogP contribution < -0.4 is 5.73 Å². The first-order chi connectivity index (χ1) is 8.94. The minimum Gasteiger partial charge on any atom is -0.348 e. The maximum absolute atomic E-state index is 6.03. The quantitative estimate of drug-likeness (QED) is 0.871. The van der Waals surface area contributed by atoms with Crippen molar-refractivity contribution in [3.05, 3.63) is 29.9 Å². The molecule has 0 bridgehead atoms. The lowest BCUT2D eigenvalue weighted by Gasteiger charge is -2.15. The summed E-state index contributed by atoms with van der Waals surface area (Å²) in [6.07, 6.45) is 3.97. The first-order valence-electron chi connectivity index (χ1n) is 6.13. The predicted molar refractivity (Wildman–Crippen MR) is 74.6 cm³/mol. The average molecular weight is 281 g/mol. The first kappa shape index (κ1) is 14.1. The minimum absolute atomic E-state index is 0.179. The van der Waals surface area contributed by atoms with Gasteiger partial charge in [-0.15, -0.1) is 11.8 Å². The Morgan fingerprint density at radius 2 is 2.26 bits per heavy atom. The van der Waals surface area contributed by atoms with Gasteiger partial charge < -0.3 is 15.2 Å². The van der Waals surface area contributed by atoms with Crippen molar-refractivity contribution < 1.29 is 4.52 Å². The molecule has 1 atom stereocenters. The third kappa shape index (κ3) is 4.36. The van der Waals surface area contributed by atoms with Crippen LogP contribution in [0.3, 0.4) is 0 Å². The molecule has 104 valence electrons. The fraction of sp³-hybridized carbons (Fsp3) is 0.583. The summed E-state index contributed by atoms with van der Waals surface area (Å²) >= 11 is 1.78. The Kier molecular flexibility index (Phi) is 4.26. The maximum Gasteiger partial charge on any atom is 0.243 e. The Labute approximate surface area is 116 Å². The monoisotopic (exact) mass is 281 g/mol. The molecule has 19 heavy (non-hydrogen) atoms. The molecule has 0 aliphatic carbocycles. The molecule has 3 N–H and O–H groups in total. The summed E-state index contributed by atoms with van der Waals surface area (Å²) in [6.45, 7) is 6.47. The molecule has 0 unspecified atom stereocenters. The molecule has 2 aromatic rings. The Hall–Kier alpha value is -1.34. The van der Waals surface area contributed by atoms with E-state index in [2.05, 4.69) is 40.9 Å². The van der Waals surface area contributed by atoms with Crippen LogP contribution in [0.1, 0.15) is 44.2 Å². The molecule has 0 saturated heterocycles. The van der Waals surface area contributed by atoms with Crippen molar-refractivity contribution in [1.82, 2.24) is 20.1 Å². The summed E-state index contributed by atoms with van der Waals surface area (Å²) in [7, 11) is 0. The lowest BCUT2D eigenvalue weighted by molar-refractivity contribution is 0.350. The van der Waals surface area contributed by atoms with Gasteiger partial charge in [0.2, 0.25) is 5.89 Å². The predicted octanol–water partition coefficient (Wildman–Crippen LogP) is 2.07. The van der Waals surface area contributed by atoms with E-state index in [0.717, 1.165) is 11.4 Å². The van der Waals surface area contributed by atoms with Gasteiger partial charge in [0.15, 0.2) is 5.82 Å². The zero-order valence-corrected chi connectivity index (χ0v) is 12.2. The number of imidazole rings is 1. The molecule has 2 heterocycles. The van der Waals surface area contributed by atoms with E-state index in [1.165, 1.54) is 0 Å². The number of aromatic amines is 1. The van der Waals surface area contributed by atoms with Gasteiger partial charge in [-0.25, -0.2) is 4.98 Å². The van der Waals surface area contributed by atoms with Crippen molar-refractivity contribution in [2.45, 2.75) is 43.7 Å². The fourth-order valence-electron chi connectivity index (χ4n) is 1.48. The summed E-state index contributed by atoms with van der Waals surface area (Å²) < 4.78 is 5.39. The highest BCUT2D eigenvalue weighted by molar-refractivity contribution is 7.99. The lowest BCUT2D eigenvalue weighted by atomic mass is 10.2. The second kappa shape index (κ2) is 5.75. The Morgan fingerprint density at radius 3 is 2.89 bits per heavy atom. The molecule has 6 nitrogen and oxygen atoms in total. The molecule has 0 aliphatic heterocycles. The molecule has 0 amide bonds. The second-order valence-corrected chi connectivity index (χ2v) is 7.14. The largest absolute Gasteiger partial charge is 0.348 e. The molecular formula is C12H19N5OS. The number of hydrogen-bond donors (Lipinski definition) is 2. The molecule has 0 spiro atoms. The van der Waals surface area contributed by atoms with Crippen LogP contribution in [0.2, 0.25) is 0 Å². The second-order valence-electron chi connectivity index (χ2n) is 5.34. The third-order valence-electron chi connectivity index (χ3n) is 2.43. The lowest BCUT2D eigenvalue weighted by Crippen LogP contribution is -2.14. The van der Waals surface area contributed by atoms with E-state index in [1.807, 2.05) is 0 Å². The van der Waals surface area contributed by atoms with Crippen LogP contribution in [0.15, 0.2) is 17.0 Å². The Morgan fingerprint density at radius 1 is 1.47 bits per heavy atom. The van der Waals surface area contributed by atoms with Gasteiger partial charge in [0, 0.05) is 23.1 Å².